The van der Waals surface area contributed by atoms with Crippen LogP contribution < -0.4 is 0 Å². The first-order valence-electron chi connectivity index (χ1n) is 0.655. The van der Waals surface area contributed by atoms with Gasteiger partial charge in [-0.25, -0.2) is 0 Å². The van der Waals surface area contributed by atoms with Crippen LogP contribution in [0.3, 0.4) is 0 Å². The Morgan fingerprint density at radius 1 is 1.50 bits per heavy atom. The molecule has 0 saturated heterocycles. The summed E-state index contributed by atoms with van der Waals surface area (Å²) in [5.74, 6) is 0. The van der Waals surface area contributed by atoms with Gasteiger partial charge in [-0.1, -0.05) is 44.7 Å². The summed E-state index contributed by atoms with van der Waals surface area (Å²) in [5.41, 5.74) is 0. The van der Waals surface area contributed by atoms with Gasteiger partial charge in [-0.2, -0.15) is 0 Å². The molecule has 4 heteroatoms. The molecule has 0 aliphatic rings. The largest absolute Gasteiger partial charge is 0.482 e. The number of hydrogen-bond acceptors (Lipinski definition) is 0. The van der Waals surface area contributed by atoms with Crippen LogP contribution in [0.5, 0.6) is 0 Å². The highest BCUT2D eigenvalue weighted by Crippen LogP contribution is 2.02. The van der Waals surface area contributed by atoms with Gasteiger partial charge in [0.2, 0.25) is 0 Å². The molecule has 0 radical (unpaired) electrons. The summed E-state index contributed by atoms with van der Waals surface area (Å²) in [6.45, 7) is 0. The summed E-state index contributed by atoms with van der Waals surface area (Å²) in [5, 5.41) is 0. The Balaban J connectivity index is 2.32. The third kappa shape index (κ3) is 9.84. The molecular formula is BFI2. The van der Waals surface area contributed by atoms with Gasteiger partial charge in [0.15, 0.2) is 0 Å². The normalized spacial score (nSPS) is 6.75. The van der Waals surface area contributed by atoms with Gasteiger partial charge in [0, 0.05) is 0 Å². The first-order valence-corrected chi connectivity index (χ1v) is 3.15. The maximum Gasteiger partial charge on any atom is 0.482 e. The van der Waals surface area contributed by atoms with Crippen LogP contribution in [-0.2, 0) is 0 Å². The number of halogens is 3. The molecule has 0 fully saturated rings. The molecule has 0 aliphatic heterocycles. The first kappa shape index (κ1) is 5.45. The average molecular weight is 284 g/mol. The highest BCUT2D eigenvalue weighted by Gasteiger charge is 1.93. The molecule has 0 aromatic carbocycles. The topological polar surface area (TPSA) is 0 Å². The Labute approximate surface area is 51.4 Å². The van der Waals surface area contributed by atoms with Crippen molar-refractivity contribution in [2.75, 3.05) is 0 Å². The molecule has 0 nitrogen and oxygen atoms in total. The standard InChI is InChI=1S/BFI2/c2-1(3)4. The van der Waals surface area contributed by atoms with Crippen molar-refractivity contribution < 1.29 is 4.32 Å². The predicted octanol–water partition coefficient (Wildman–Crippen LogP) is 1.81. The summed E-state index contributed by atoms with van der Waals surface area (Å²) < 4.78 is 10.2. The molecule has 0 amide bonds. The molecule has 0 unspecified atom stereocenters. The van der Waals surface area contributed by atoms with E-state index >= 15 is 0 Å². The lowest BCUT2D eigenvalue weighted by molar-refractivity contribution is 0.896. The average Bonchev–Trinajstić information content (AvgIpc) is 0.811. The van der Waals surface area contributed by atoms with E-state index in [9.17, 15) is 4.32 Å². The summed E-state index contributed by atoms with van der Waals surface area (Å²) in [7, 11) is 0. The summed E-state index contributed by atoms with van der Waals surface area (Å²) in [6, 6.07) is 0. The van der Waals surface area contributed by atoms with E-state index in [0.717, 1.165) is 0 Å². The fraction of sp³-hybridized carbons (Fsp3) is 0. The maximum absolute atomic E-state index is 11.0. The molecule has 0 saturated carbocycles. The number of hydrogen-bond donors (Lipinski definition) is 0. The maximum atomic E-state index is 11.0. The van der Waals surface area contributed by atoms with Crippen molar-refractivity contribution in [3.8, 4) is 0 Å². The van der Waals surface area contributed by atoms with Crippen molar-refractivity contribution in [2.24, 2.45) is 0 Å². The molecule has 0 bridgehead atoms. The zero-order chi connectivity index (χ0) is 3.58. The molecule has 24 valence electrons. The predicted molar refractivity (Wildman–Crippen MR) is 34.9 cm³/mol. The Morgan fingerprint density at radius 2 is 1.50 bits per heavy atom. The highest BCUT2D eigenvalue weighted by atomic mass is 127. The van der Waals surface area contributed by atoms with Crippen LogP contribution in [0.25, 0.3) is 0 Å². The van der Waals surface area contributed by atoms with E-state index in [-0.39, 0.29) is 0 Å². The van der Waals surface area contributed by atoms with E-state index in [1.54, 1.807) is 44.7 Å². The van der Waals surface area contributed by atoms with Gasteiger partial charge in [-0.15, -0.1) is 0 Å². The number of rotatable bonds is 0. The van der Waals surface area contributed by atoms with E-state index in [0.29, 0.717) is 0 Å². The van der Waals surface area contributed by atoms with Gasteiger partial charge < -0.3 is 4.32 Å². The van der Waals surface area contributed by atoms with Gasteiger partial charge in [0.25, 0.3) is 0 Å². The van der Waals surface area contributed by atoms with E-state index in [1.807, 2.05) is 0 Å². The quantitative estimate of drug-likeness (QED) is 0.470. The van der Waals surface area contributed by atoms with E-state index in [4.69, 9.17) is 0 Å². The van der Waals surface area contributed by atoms with Crippen LogP contribution in [0.1, 0.15) is 0 Å². The van der Waals surface area contributed by atoms with E-state index in [2.05, 4.69) is 0 Å². The highest BCUT2D eigenvalue weighted by molar-refractivity contribution is 14.3. The second-order valence-electron chi connectivity index (χ2n) is 0.247. The lowest BCUT2D eigenvalue weighted by atomic mass is 10.7. The van der Waals surface area contributed by atoms with Crippen LogP contribution in [0.4, 0.5) is 4.32 Å². The molecule has 0 N–H and O–H groups in total. The van der Waals surface area contributed by atoms with Crippen molar-refractivity contribution in [3.63, 3.8) is 0 Å². The third-order valence-electron chi connectivity index (χ3n) is 0. The van der Waals surface area contributed by atoms with E-state index in [1.165, 1.54) is 0 Å². The first-order chi connectivity index (χ1) is 1.73. The van der Waals surface area contributed by atoms with Gasteiger partial charge in [-0.3, -0.25) is 0 Å². The van der Waals surface area contributed by atoms with Crippen molar-refractivity contribution in [2.45, 2.75) is 0 Å². The smallest absolute Gasteiger partial charge is 0.305 e. The molecular weight excluding hydrogens is 284 g/mol. The van der Waals surface area contributed by atoms with Gasteiger partial charge >= 0.3 is 2.70 Å². The Kier molecular flexibility index (Phi) is 3.65. The van der Waals surface area contributed by atoms with Crippen LogP contribution >= 0.6 is 44.7 Å². The van der Waals surface area contributed by atoms with Crippen LogP contribution in [0, 0.1) is 0 Å². The van der Waals surface area contributed by atoms with Crippen molar-refractivity contribution in [3.05, 3.63) is 0 Å². The third-order valence-corrected chi connectivity index (χ3v) is 0. The Hall–Kier alpha value is 1.45. The summed E-state index contributed by atoms with van der Waals surface area (Å²) >= 11 is 3.33. The minimum absolute atomic E-state index is 0.727. The minimum atomic E-state index is -0.727. The monoisotopic (exact) mass is 284 g/mol. The van der Waals surface area contributed by atoms with Gasteiger partial charge in [-0.05, 0) is 0 Å². The fourth-order valence-electron chi connectivity index (χ4n) is 0. The lowest BCUT2D eigenvalue weighted by Gasteiger charge is -1.60. The van der Waals surface area contributed by atoms with Crippen LogP contribution in [0.2, 0.25) is 0 Å². The molecule has 0 aromatic rings. The minimum Gasteiger partial charge on any atom is -0.305 e. The molecule has 0 rings (SSSR count). The van der Waals surface area contributed by atoms with Gasteiger partial charge in [0.05, 0.1) is 0 Å². The van der Waals surface area contributed by atoms with Crippen LogP contribution in [0.15, 0.2) is 0 Å². The van der Waals surface area contributed by atoms with Crippen molar-refractivity contribution >= 4 is 47.5 Å². The van der Waals surface area contributed by atoms with Gasteiger partial charge in [0.1, 0.15) is 0 Å². The second kappa shape index (κ2) is 2.68. The molecule has 0 aromatic heterocycles. The molecule has 4 heavy (non-hydrogen) atoms. The molecule has 0 aliphatic carbocycles. The van der Waals surface area contributed by atoms with Crippen molar-refractivity contribution in [1.29, 1.82) is 0 Å². The zero-order valence-electron chi connectivity index (χ0n) is 1.71. The Bertz CT molecular complexity index is 10.8. The SMILES string of the molecule is FB(I)I. The van der Waals surface area contributed by atoms with E-state index < -0.39 is 2.70 Å². The molecule has 0 atom stereocenters. The molecule has 0 spiro atoms. The molecule has 0 heterocycles. The van der Waals surface area contributed by atoms with Crippen molar-refractivity contribution in [1.82, 2.24) is 0 Å². The second-order valence-corrected chi connectivity index (χ2v) is 4.82. The summed E-state index contributed by atoms with van der Waals surface area (Å²) in [6.07, 6.45) is 0. The fourth-order valence-corrected chi connectivity index (χ4v) is 0. The Morgan fingerprint density at radius 3 is 1.50 bits per heavy atom. The lowest BCUT2D eigenvalue weighted by Crippen LogP contribution is -1.65. The summed E-state index contributed by atoms with van der Waals surface area (Å²) in [4.78, 5) is 0. The van der Waals surface area contributed by atoms with Crippen LogP contribution in [-0.4, -0.2) is 2.70 Å². The zero-order valence-corrected chi connectivity index (χ0v) is 6.03.